The van der Waals surface area contributed by atoms with E-state index in [1.165, 1.54) is 43.6 Å². The highest BCUT2D eigenvalue weighted by atomic mass is 16.5. The molecule has 24 heavy (non-hydrogen) atoms. The standard InChI is InChI=1S/C20H24N2O2/c23-17-8-9-20-19(13-17)21-14-18(24-20)12-15-4-6-16(7-5-15)22-10-2-1-3-11-22/h4-9,13,18,21,23H,1-3,10-12,14H2. The van der Waals surface area contributed by atoms with Crippen LogP contribution < -0.4 is 15.0 Å². The molecule has 0 amide bonds. The minimum absolute atomic E-state index is 0.114. The molecule has 2 aliphatic heterocycles. The number of nitrogens with one attached hydrogen (secondary N) is 1. The zero-order chi connectivity index (χ0) is 16.4. The Bertz CT molecular complexity index is 693. The van der Waals surface area contributed by atoms with Crippen molar-refractivity contribution in [1.82, 2.24) is 0 Å². The maximum Gasteiger partial charge on any atom is 0.143 e. The zero-order valence-electron chi connectivity index (χ0n) is 13.9. The molecular formula is C20H24N2O2. The highest BCUT2D eigenvalue weighted by Gasteiger charge is 2.20. The quantitative estimate of drug-likeness (QED) is 0.901. The number of hydrogen-bond donors (Lipinski definition) is 2. The molecule has 1 unspecified atom stereocenters. The minimum Gasteiger partial charge on any atom is -0.508 e. The van der Waals surface area contributed by atoms with Crippen molar-refractivity contribution in [1.29, 1.82) is 0 Å². The molecule has 2 aliphatic rings. The average molecular weight is 324 g/mol. The normalized spacial score (nSPS) is 20.0. The summed E-state index contributed by atoms with van der Waals surface area (Å²) in [5.41, 5.74) is 3.50. The lowest BCUT2D eigenvalue weighted by Gasteiger charge is -2.29. The van der Waals surface area contributed by atoms with E-state index in [9.17, 15) is 5.11 Å². The Balaban J connectivity index is 1.40. The summed E-state index contributed by atoms with van der Waals surface area (Å²) in [6, 6.07) is 14.1. The molecule has 4 nitrogen and oxygen atoms in total. The number of phenols is 1. The third-order valence-electron chi connectivity index (χ3n) is 4.90. The van der Waals surface area contributed by atoms with Crippen molar-refractivity contribution in [2.24, 2.45) is 0 Å². The second-order valence-corrected chi connectivity index (χ2v) is 6.72. The third-order valence-corrected chi connectivity index (χ3v) is 4.90. The van der Waals surface area contributed by atoms with Gasteiger partial charge in [0.2, 0.25) is 0 Å². The van der Waals surface area contributed by atoms with Gasteiger partial charge >= 0.3 is 0 Å². The number of hydrogen-bond acceptors (Lipinski definition) is 4. The molecule has 1 saturated heterocycles. The lowest BCUT2D eigenvalue weighted by Crippen LogP contribution is -2.32. The lowest BCUT2D eigenvalue weighted by atomic mass is 10.0. The minimum atomic E-state index is 0.114. The van der Waals surface area contributed by atoms with Crippen LogP contribution in [0.5, 0.6) is 11.5 Å². The van der Waals surface area contributed by atoms with Crippen LogP contribution >= 0.6 is 0 Å². The molecule has 2 aromatic carbocycles. The van der Waals surface area contributed by atoms with Gasteiger partial charge in [0.1, 0.15) is 17.6 Å². The molecule has 0 radical (unpaired) electrons. The summed E-state index contributed by atoms with van der Waals surface area (Å²) in [4.78, 5) is 2.48. The van der Waals surface area contributed by atoms with Crippen LogP contribution in [0.1, 0.15) is 24.8 Å². The molecular weight excluding hydrogens is 300 g/mol. The fraction of sp³-hybridized carbons (Fsp3) is 0.400. The summed E-state index contributed by atoms with van der Waals surface area (Å²) in [5.74, 6) is 1.07. The van der Waals surface area contributed by atoms with E-state index in [2.05, 4.69) is 34.5 Å². The fourth-order valence-corrected chi connectivity index (χ4v) is 3.58. The Morgan fingerprint density at radius 1 is 1.04 bits per heavy atom. The Morgan fingerprint density at radius 3 is 2.62 bits per heavy atom. The first-order valence-corrected chi connectivity index (χ1v) is 8.85. The number of anilines is 2. The van der Waals surface area contributed by atoms with Crippen molar-refractivity contribution in [3.05, 3.63) is 48.0 Å². The Hall–Kier alpha value is -2.36. The molecule has 4 rings (SSSR count). The third kappa shape index (κ3) is 3.28. The second kappa shape index (κ2) is 6.63. The number of aromatic hydroxyl groups is 1. The number of benzene rings is 2. The van der Waals surface area contributed by atoms with Crippen LogP contribution in [0.3, 0.4) is 0 Å². The molecule has 2 heterocycles. The summed E-state index contributed by atoms with van der Waals surface area (Å²) >= 11 is 0. The Labute approximate surface area is 143 Å². The largest absolute Gasteiger partial charge is 0.508 e. The Morgan fingerprint density at radius 2 is 1.83 bits per heavy atom. The van der Waals surface area contributed by atoms with Crippen LogP contribution in [-0.2, 0) is 6.42 Å². The molecule has 1 fully saturated rings. The number of phenolic OH excluding ortho intramolecular Hbond substituents is 1. The molecule has 2 N–H and O–H groups in total. The summed E-state index contributed by atoms with van der Waals surface area (Å²) in [6.07, 6.45) is 4.97. The zero-order valence-corrected chi connectivity index (χ0v) is 13.9. The molecule has 4 heteroatoms. The van der Waals surface area contributed by atoms with E-state index in [0.29, 0.717) is 0 Å². The predicted molar refractivity (Wildman–Crippen MR) is 97.2 cm³/mol. The highest BCUT2D eigenvalue weighted by Crippen LogP contribution is 2.32. The monoisotopic (exact) mass is 324 g/mol. The van der Waals surface area contributed by atoms with Gasteiger partial charge in [-0.25, -0.2) is 0 Å². The predicted octanol–water partition coefficient (Wildman–Crippen LogP) is 3.80. The summed E-state index contributed by atoms with van der Waals surface area (Å²) in [7, 11) is 0. The van der Waals surface area contributed by atoms with Crippen molar-refractivity contribution in [3.63, 3.8) is 0 Å². The topological polar surface area (TPSA) is 44.7 Å². The van der Waals surface area contributed by atoms with Gasteiger partial charge in [0.15, 0.2) is 0 Å². The molecule has 0 spiro atoms. The van der Waals surface area contributed by atoms with Gasteiger partial charge in [-0.15, -0.1) is 0 Å². The van der Waals surface area contributed by atoms with Gasteiger partial charge in [0.25, 0.3) is 0 Å². The molecule has 2 aromatic rings. The fourth-order valence-electron chi connectivity index (χ4n) is 3.58. The van der Waals surface area contributed by atoms with Gasteiger partial charge in [0.05, 0.1) is 12.2 Å². The van der Waals surface area contributed by atoms with Gasteiger partial charge in [-0.2, -0.15) is 0 Å². The van der Waals surface area contributed by atoms with Crippen molar-refractivity contribution >= 4 is 11.4 Å². The molecule has 0 saturated carbocycles. The van der Waals surface area contributed by atoms with Crippen LogP contribution in [0.25, 0.3) is 0 Å². The van der Waals surface area contributed by atoms with Crippen molar-refractivity contribution in [2.45, 2.75) is 31.8 Å². The van der Waals surface area contributed by atoms with Crippen LogP contribution in [0.2, 0.25) is 0 Å². The van der Waals surface area contributed by atoms with E-state index in [4.69, 9.17) is 4.74 Å². The second-order valence-electron chi connectivity index (χ2n) is 6.72. The van der Waals surface area contributed by atoms with Crippen LogP contribution in [0.15, 0.2) is 42.5 Å². The summed E-state index contributed by atoms with van der Waals surface area (Å²) in [6.45, 7) is 3.11. The first-order valence-electron chi connectivity index (χ1n) is 8.85. The molecule has 0 bridgehead atoms. The number of fused-ring (bicyclic) bond motifs is 1. The molecule has 0 aromatic heterocycles. The van der Waals surface area contributed by atoms with Gasteiger partial charge in [-0.3, -0.25) is 0 Å². The SMILES string of the molecule is Oc1ccc2c(c1)NCC(Cc1ccc(N3CCCCC3)cc1)O2. The number of rotatable bonds is 3. The van der Waals surface area contributed by atoms with Gasteiger partial charge < -0.3 is 20.1 Å². The van der Waals surface area contributed by atoms with E-state index in [1.54, 1.807) is 12.1 Å². The van der Waals surface area contributed by atoms with Crippen LogP contribution in [0.4, 0.5) is 11.4 Å². The van der Waals surface area contributed by atoms with Crippen LogP contribution in [-0.4, -0.2) is 30.8 Å². The number of piperidine rings is 1. The van der Waals surface area contributed by atoms with Crippen molar-refractivity contribution in [2.75, 3.05) is 29.9 Å². The van der Waals surface area contributed by atoms with Gasteiger partial charge in [-0.1, -0.05) is 12.1 Å². The van der Waals surface area contributed by atoms with Gasteiger partial charge in [0, 0.05) is 31.3 Å². The maximum atomic E-state index is 9.52. The average Bonchev–Trinajstić information content (AvgIpc) is 2.63. The molecule has 0 aliphatic carbocycles. The highest BCUT2D eigenvalue weighted by molar-refractivity contribution is 5.61. The lowest BCUT2D eigenvalue weighted by molar-refractivity contribution is 0.206. The maximum absolute atomic E-state index is 9.52. The summed E-state index contributed by atoms with van der Waals surface area (Å²) < 4.78 is 6.05. The number of nitrogens with zero attached hydrogens (tertiary/aromatic N) is 1. The van der Waals surface area contributed by atoms with E-state index in [1.807, 2.05) is 6.07 Å². The molecule has 126 valence electrons. The van der Waals surface area contributed by atoms with E-state index in [-0.39, 0.29) is 11.9 Å². The van der Waals surface area contributed by atoms with E-state index in [0.717, 1.165) is 24.4 Å². The van der Waals surface area contributed by atoms with Crippen molar-refractivity contribution in [3.8, 4) is 11.5 Å². The van der Waals surface area contributed by atoms with E-state index < -0.39 is 0 Å². The first kappa shape index (κ1) is 15.2. The first-order chi connectivity index (χ1) is 11.8. The summed E-state index contributed by atoms with van der Waals surface area (Å²) in [5, 5.41) is 12.9. The number of ether oxygens (including phenoxy) is 1. The van der Waals surface area contributed by atoms with E-state index >= 15 is 0 Å². The van der Waals surface area contributed by atoms with Crippen molar-refractivity contribution < 1.29 is 9.84 Å². The van der Waals surface area contributed by atoms with Crippen LogP contribution in [0, 0.1) is 0 Å². The van der Waals surface area contributed by atoms with Gasteiger partial charge in [-0.05, 0) is 49.1 Å². The Kier molecular flexibility index (Phi) is 4.20. The molecule has 1 atom stereocenters. The smallest absolute Gasteiger partial charge is 0.143 e.